The number of anilines is 1. The molecule has 0 aliphatic carbocycles. The molecule has 0 saturated heterocycles. The summed E-state index contributed by atoms with van der Waals surface area (Å²) in [6, 6.07) is 3.05. The number of methoxy groups -OCH3 is 1. The van der Waals surface area contributed by atoms with E-state index in [0.717, 1.165) is 25.3 Å². The zero-order valence-electron chi connectivity index (χ0n) is 10.6. The monoisotopic (exact) mass is 305 g/mol. The lowest BCUT2D eigenvalue weighted by Gasteiger charge is -2.30. The summed E-state index contributed by atoms with van der Waals surface area (Å²) in [7, 11) is 1.10. The van der Waals surface area contributed by atoms with Crippen molar-refractivity contribution in [1.29, 1.82) is 0 Å². The first-order chi connectivity index (χ1) is 9.66. The van der Waals surface area contributed by atoms with Crippen molar-refractivity contribution in [2.75, 3.05) is 12.4 Å². The van der Waals surface area contributed by atoms with Crippen LogP contribution in [0.25, 0.3) is 0 Å². The van der Waals surface area contributed by atoms with E-state index in [1.807, 2.05) is 5.32 Å². The Morgan fingerprint density at radius 3 is 2.71 bits per heavy atom. The number of hydrogen-bond acceptors (Lipinski definition) is 6. The van der Waals surface area contributed by atoms with Gasteiger partial charge in [-0.15, -0.1) is 0 Å². The molecular formula is C11H10F3N3O4. The fourth-order valence-electron chi connectivity index (χ4n) is 1.78. The quantitative estimate of drug-likeness (QED) is 0.613. The first-order valence-electron chi connectivity index (χ1n) is 5.63. The Labute approximate surface area is 116 Å². The van der Waals surface area contributed by atoms with Crippen LogP contribution in [0.3, 0.4) is 0 Å². The summed E-state index contributed by atoms with van der Waals surface area (Å²) >= 11 is 0. The SMILES string of the molecule is COC1=Nc2cc([N+](=O)[O-])ccc2NC(O)(C(F)(F)F)C1. The lowest BCUT2D eigenvalue weighted by molar-refractivity contribution is -0.384. The molecule has 21 heavy (non-hydrogen) atoms. The van der Waals surface area contributed by atoms with Gasteiger partial charge in [0.1, 0.15) is 0 Å². The van der Waals surface area contributed by atoms with Crippen LogP contribution >= 0.6 is 0 Å². The van der Waals surface area contributed by atoms with Crippen LogP contribution in [-0.2, 0) is 4.74 Å². The van der Waals surface area contributed by atoms with Gasteiger partial charge in [0.2, 0.25) is 5.72 Å². The van der Waals surface area contributed by atoms with E-state index in [-0.39, 0.29) is 17.1 Å². The average Bonchev–Trinajstić information content (AvgIpc) is 2.53. The lowest BCUT2D eigenvalue weighted by atomic mass is 10.1. The second-order valence-electron chi connectivity index (χ2n) is 4.33. The maximum Gasteiger partial charge on any atom is 0.436 e. The number of fused-ring (bicyclic) bond motifs is 1. The molecule has 1 aromatic carbocycles. The van der Waals surface area contributed by atoms with E-state index >= 15 is 0 Å². The number of nitro groups is 1. The van der Waals surface area contributed by atoms with Gasteiger partial charge in [-0.2, -0.15) is 13.2 Å². The number of non-ortho nitro benzene ring substituents is 1. The highest BCUT2D eigenvalue weighted by Gasteiger charge is 2.56. The molecule has 1 aliphatic heterocycles. The molecule has 0 spiro atoms. The third kappa shape index (κ3) is 2.75. The molecule has 2 N–H and O–H groups in total. The molecule has 1 heterocycles. The normalized spacial score (nSPS) is 21.7. The van der Waals surface area contributed by atoms with Crippen molar-refractivity contribution in [3.05, 3.63) is 28.3 Å². The fourth-order valence-corrected chi connectivity index (χ4v) is 1.78. The van der Waals surface area contributed by atoms with Gasteiger partial charge in [-0.25, -0.2) is 4.99 Å². The van der Waals surface area contributed by atoms with E-state index in [1.54, 1.807) is 0 Å². The molecule has 114 valence electrons. The number of benzene rings is 1. The van der Waals surface area contributed by atoms with Gasteiger partial charge in [-0.05, 0) is 6.07 Å². The molecule has 0 amide bonds. The van der Waals surface area contributed by atoms with E-state index in [1.165, 1.54) is 0 Å². The Morgan fingerprint density at radius 1 is 1.52 bits per heavy atom. The van der Waals surface area contributed by atoms with Gasteiger partial charge in [0.25, 0.3) is 5.69 Å². The molecular weight excluding hydrogens is 295 g/mol. The molecule has 0 saturated carbocycles. The standard InChI is InChI=1S/C11H10F3N3O4/c1-21-9-5-10(18,11(12,13)14)16-7-3-2-6(17(19)20)4-8(7)15-9/h2-4,16,18H,5H2,1H3. The Kier molecular flexibility index (Phi) is 3.49. The summed E-state index contributed by atoms with van der Waals surface area (Å²) in [5, 5.41) is 22.4. The molecule has 1 aliphatic rings. The van der Waals surface area contributed by atoms with Gasteiger partial charge in [-0.1, -0.05) is 0 Å². The summed E-state index contributed by atoms with van der Waals surface area (Å²) in [4.78, 5) is 13.8. The van der Waals surface area contributed by atoms with Gasteiger partial charge in [-0.3, -0.25) is 10.1 Å². The number of rotatable bonds is 1. The van der Waals surface area contributed by atoms with Crippen molar-refractivity contribution >= 4 is 23.0 Å². The van der Waals surface area contributed by atoms with Crippen LogP contribution < -0.4 is 5.32 Å². The zero-order valence-corrected chi connectivity index (χ0v) is 10.6. The highest BCUT2D eigenvalue weighted by Crippen LogP contribution is 2.41. The summed E-state index contributed by atoms with van der Waals surface area (Å²) < 4.78 is 43.7. The molecule has 0 fully saturated rings. The van der Waals surface area contributed by atoms with E-state index in [4.69, 9.17) is 4.74 Å². The Hall–Kier alpha value is -2.36. The molecule has 0 radical (unpaired) electrons. The minimum Gasteiger partial charge on any atom is -0.484 e. The highest BCUT2D eigenvalue weighted by molar-refractivity contribution is 5.86. The predicted octanol–water partition coefficient (Wildman–Crippen LogP) is 2.34. The average molecular weight is 305 g/mol. The summed E-state index contributed by atoms with van der Waals surface area (Å²) in [6.45, 7) is 0. The van der Waals surface area contributed by atoms with Crippen molar-refractivity contribution in [3.63, 3.8) is 0 Å². The minimum atomic E-state index is -4.99. The van der Waals surface area contributed by atoms with Crippen molar-refractivity contribution in [1.82, 2.24) is 0 Å². The molecule has 0 aromatic heterocycles. The van der Waals surface area contributed by atoms with Gasteiger partial charge in [0.15, 0.2) is 5.90 Å². The molecule has 0 bridgehead atoms. The highest BCUT2D eigenvalue weighted by atomic mass is 19.4. The van der Waals surface area contributed by atoms with Gasteiger partial charge < -0.3 is 15.2 Å². The molecule has 10 heteroatoms. The Bertz CT molecular complexity index is 617. The number of nitrogens with one attached hydrogen (secondary N) is 1. The summed E-state index contributed by atoms with van der Waals surface area (Å²) in [6.07, 6.45) is -5.95. The summed E-state index contributed by atoms with van der Waals surface area (Å²) in [5.41, 5.74) is -3.93. The number of ether oxygens (including phenoxy) is 1. The van der Waals surface area contributed by atoms with Crippen molar-refractivity contribution in [3.8, 4) is 0 Å². The number of aliphatic hydroxyl groups is 1. The van der Waals surface area contributed by atoms with E-state index < -0.39 is 29.1 Å². The van der Waals surface area contributed by atoms with Gasteiger partial charge in [0.05, 0.1) is 29.8 Å². The Balaban J connectivity index is 2.56. The zero-order chi connectivity index (χ0) is 15.8. The summed E-state index contributed by atoms with van der Waals surface area (Å²) in [5.74, 6) is -0.401. The molecule has 1 unspecified atom stereocenters. The van der Waals surface area contributed by atoms with Crippen LogP contribution in [0, 0.1) is 10.1 Å². The predicted molar refractivity (Wildman–Crippen MR) is 66.4 cm³/mol. The van der Waals surface area contributed by atoms with Crippen molar-refractivity contribution in [2.45, 2.75) is 18.3 Å². The number of aliphatic imine (C=N–C) groups is 1. The van der Waals surface area contributed by atoms with Crippen molar-refractivity contribution < 1.29 is 27.9 Å². The molecule has 1 atom stereocenters. The van der Waals surface area contributed by atoms with Crippen LogP contribution in [-0.4, -0.2) is 34.9 Å². The maximum absolute atomic E-state index is 13.0. The number of alkyl halides is 3. The molecule has 2 rings (SSSR count). The number of nitro benzene ring substituents is 1. The van der Waals surface area contributed by atoms with E-state index in [2.05, 4.69) is 4.99 Å². The largest absolute Gasteiger partial charge is 0.484 e. The molecule has 7 nitrogen and oxygen atoms in total. The van der Waals surface area contributed by atoms with Gasteiger partial charge >= 0.3 is 6.18 Å². The maximum atomic E-state index is 13.0. The number of halogens is 3. The smallest absolute Gasteiger partial charge is 0.436 e. The topological polar surface area (TPSA) is 97.0 Å². The minimum absolute atomic E-state index is 0.124. The molecule has 1 aromatic rings. The second-order valence-corrected chi connectivity index (χ2v) is 4.33. The number of hydrogen-bond donors (Lipinski definition) is 2. The fraction of sp³-hybridized carbons (Fsp3) is 0.364. The van der Waals surface area contributed by atoms with Crippen LogP contribution in [0.15, 0.2) is 23.2 Å². The second kappa shape index (κ2) is 4.88. The Morgan fingerprint density at radius 2 is 2.19 bits per heavy atom. The lowest BCUT2D eigenvalue weighted by Crippen LogP contribution is -2.53. The van der Waals surface area contributed by atoms with Crippen LogP contribution in [0.5, 0.6) is 0 Å². The van der Waals surface area contributed by atoms with Crippen LogP contribution in [0.2, 0.25) is 0 Å². The third-order valence-corrected chi connectivity index (χ3v) is 2.89. The first kappa shape index (κ1) is 15.0. The van der Waals surface area contributed by atoms with Crippen molar-refractivity contribution in [2.24, 2.45) is 4.99 Å². The number of nitrogens with zero attached hydrogens (tertiary/aromatic N) is 2. The van der Waals surface area contributed by atoms with Crippen LogP contribution in [0.4, 0.5) is 30.2 Å². The van der Waals surface area contributed by atoms with E-state index in [0.29, 0.717) is 0 Å². The third-order valence-electron chi connectivity index (χ3n) is 2.89. The van der Waals surface area contributed by atoms with E-state index in [9.17, 15) is 28.4 Å². The van der Waals surface area contributed by atoms with Gasteiger partial charge in [0, 0.05) is 12.1 Å². The van der Waals surface area contributed by atoms with Crippen LogP contribution in [0.1, 0.15) is 6.42 Å². The first-order valence-corrected chi connectivity index (χ1v) is 5.63.